The molecule has 0 spiro atoms. The van der Waals surface area contributed by atoms with Crippen molar-refractivity contribution in [2.24, 2.45) is 5.92 Å². The van der Waals surface area contributed by atoms with Crippen molar-refractivity contribution in [1.82, 2.24) is 0 Å². The molecule has 1 heterocycles. The van der Waals surface area contributed by atoms with Crippen molar-refractivity contribution in [1.29, 1.82) is 0 Å². The van der Waals surface area contributed by atoms with Gasteiger partial charge in [-0.1, -0.05) is 60.7 Å². The summed E-state index contributed by atoms with van der Waals surface area (Å²) < 4.78 is 5.91. The molecule has 0 unspecified atom stereocenters. The molecule has 25 heavy (non-hydrogen) atoms. The molecular weight excluding hydrogens is 312 g/mol. The third-order valence-corrected chi connectivity index (χ3v) is 4.88. The van der Waals surface area contributed by atoms with Crippen molar-refractivity contribution in [3.63, 3.8) is 0 Å². The molecule has 1 fully saturated rings. The van der Waals surface area contributed by atoms with Crippen molar-refractivity contribution in [2.45, 2.75) is 38.2 Å². The molecule has 3 heteroatoms. The van der Waals surface area contributed by atoms with Crippen molar-refractivity contribution < 1.29 is 14.3 Å². The summed E-state index contributed by atoms with van der Waals surface area (Å²) in [7, 11) is 0. The lowest BCUT2D eigenvalue weighted by atomic mass is 9.76. The fourth-order valence-corrected chi connectivity index (χ4v) is 3.48. The molecule has 0 aromatic heterocycles. The molecular formula is C22H24O3. The van der Waals surface area contributed by atoms with Crippen molar-refractivity contribution in [2.75, 3.05) is 6.61 Å². The summed E-state index contributed by atoms with van der Waals surface area (Å²) in [6, 6.07) is 19.1. The predicted octanol–water partition coefficient (Wildman–Crippen LogP) is 4.43. The summed E-state index contributed by atoms with van der Waals surface area (Å²) >= 11 is 0. The van der Waals surface area contributed by atoms with Gasteiger partial charge in [-0.2, -0.15) is 0 Å². The number of hydrogen-bond donors (Lipinski definition) is 0. The molecule has 1 aliphatic rings. The van der Waals surface area contributed by atoms with Gasteiger partial charge in [-0.25, -0.2) is 0 Å². The Balaban J connectivity index is 1.86. The van der Waals surface area contributed by atoms with Crippen LogP contribution in [0.3, 0.4) is 0 Å². The second kappa shape index (κ2) is 7.32. The van der Waals surface area contributed by atoms with Gasteiger partial charge in [0.05, 0.1) is 12.2 Å². The maximum atomic E-state index is 12.8. The van der Waals surface area contributed by atoms with Gasteiger partial charge in [0.15, 0.2) is 5.78 Å². The van der Waals surface area contributed by atoms with Gasteiger partial charge in [0.25, 0.3) is 0 Å². The fraction of sp³-hybridized carbons (Fsp3) is 0.364. The van der Waals surface area contributed by atoms with Crippen LogP contribution in [0.1, 0.15) is 48.5 Å². The van der Waals surface area contributed by atoms with Gasteiger partial charge < -0.3 is 4.74 Å². The molecule has 1 aliphatic heterocycles. The quantitative estimate of drug-likeness (QED) is 0.759. The molecule has 0 aliphatic carbocycles. The van der Waals surface area contributed by atoms with Crippen molar-refractivity contribution >= 4 is 11.6 Å². The van der Waals surface area contributed by atoms with Crippen LogP contribution in [0.25, 0.3) is 0 Å². The standard InChI is InChI=1S/C22H24O3/c1-22(2)14-21(24)19(15-25-22)18(16-9-5-3-6-10-16)13-20(23)17-11-7-4-8-12-17/h3-12,18-19H,13-15H2,1-2H3/t18-,19+/m0/s1. The van der Waals surface area contributed by atoms with E-state index in [2.05, 4.69) is 0 Å². The Morgan fingerprint density at radius 2 is 1.68 bits per heavy atom. The number of rotatable bonds is 5. The highest BCUT2D eigenvalue weighted by Crippen LogP contribution is 2.36. The van der Waals surface area contributed by atoms with Gasteiger partial charge in [0, 0.05) is 30.2 Å². The molecule has 0 bridgehead atoms. The first kappa shape index (κ1) is 17.6. The van der Waals surface area contributed by atoms with E-state index >= 15 is 0 Å². The highest BCUT2D eigenvalue weighted by Gasteiger charge is 2.39. The smallest absolute Gasteiger partial charge is 0.163 e. The topological polar surface area (TPSA) is 43.4 Å². The van der Waals surface area contributed by atoms with E-state index < -0.39 is 5.60 Å². The minimum atomic E-state index is -0.418. The average molecular weight is 336 g/mol. The lowest BCUT2D eigenvalue weighted by Gasteiger charge is -2.37. The zero-order valence-electron chi connectivity index (χ0n) is 14.8. The minimum Gasteiger partial charge on any atom is -0.374 e. The van der Waals surface area contributed by atoms with Crippen LogP contribution in [0, 0.1) is 5.92 Å². The van der Waals surface area contributed by atoms with Crippen LogP contribution in [-0.4, -0.2) is 23.8 Å². The van der Waals surface area contributed by atoms with Gasteiger partial charge in [-0.3, -0.25) is 9.59 Å². The van der Waals surface area contributed by atoms with Gasteiger partial charge in [-0.05, 0) is 19.4 Å². The van der Waals surface area contributed by atoms with Crippen LogP contribution in [0.15, 0.2) is 60.7 Å². The molecule has 0 N–H and O–H groups in total. The van der Waals surface area contributed by atoms with E-state index in [9.17, 15) is 9.59 Å². The Labute approximate surface area is 149 Å². The normalized spacial score (nSPS) is 20.9. The van der Waals surface area contributed by atoms with Crippen LogP contribution >= 0.6 is 0 Å². The van der Waals surface area contributed by atoms with E-state index in [4.69, 9.17) is 4.74 Å². The van der Waals surface area contributed by atoms with Crippen molar-refractivity contribution in [3.05, 3.63) is 71.8 Å². The van der Waals surface area contributed by atoms with Crippen LogP contribution in [0.4, 0.5) is 0 Å². The summed E-state index contributed by atoms with van der Waals surface area (Å²) in [6.07, 6.45) is 0.703. The monoisotopic (exact) mass is 336 g/mol. The minimum absolute atomic E-state index is 0.0621. The number of ether oxygens (including phenoxy) is 1. The summed E-state index contributed by atoms with van der Waals surface area (Å²) in [6.45, 7) is 4.25. The second-order valence-electron chi connectivity index (χ2n) is 7.33. The first-order valence-corrected chi connectivity index (χ1v) is 8.76. The molecule has 2 aromatic carbocycles. The van der Waals surface area contributed by atoms with E-state index in [1.807, 2.05) is 74.5 Å². The van der Waals surface area contributed by atoms with Crippen LogP contribution in [0.2, 0.25) is 0 Å². The predicted molar refractivity (Wildman–Crippen MR) is 97.7 cm³/mol. The summed E-state index contributed by atoms with van der Waals surface area (Å²) in [4.78, 5) is 25.5. The molecule has 3 rings (SSSR count). The van der Waals surface area contributed by atoms with E-state index in [-0.39, 0.29) is 23.4 Å². The number of ketones is 2. The molecule has 2 aromatic rings. The Hall–Kier alpha value is -2.26. The van der Waals surface area contributed by atoms with Crippen LogP contribution in [-0.2, 0) is 9.53 Å². The van der Waals surface area contributed by atoms with Gasteiger partial charge in [0.2, 0.25) is 0 Å². The Bertz CT molecular complexity index is 734. The van der Waals surface area contributed by atoms with Crippen LogP contribution < -0.4 is 0 Å². The number of hydrogen-bond acceptors (Lipinski definition) is 3. The van der Waals surface area contributed by atoms with Gasteiger partial charge >= 0.3 is 0 Å². The number of carbonyl (C=O) groups is 2. The zero-order valence-corrected chi connectivity index (χ0v) is 14.8. The molecule has 130 valence electrons. The van der Waals surface area contributed by atoms with E-state index in [1.54, 1.807) is 0 Å². The zero-order chi connectivity index (χ0) is 17.9. The van der Waals surface area contributed by atoms with Crippen molar-refractivity contribution in [3.8, 4) is 0 Å². The Morgan fingerprint density at radius 1 is 1.08 bits per heavy atom. The fourth-order valence-electron chi connectivity index (χ4n) is 3.48. The molecule has 0 amide bonds. The van der Waals surface area contributed by atoms with E-state index in [0.717, 1.165) is 5.56 Å². The van der Waals surface area contributed by atoms with Crippen LogP contribution in [0.5, 0.6) is 0 Å². The highest BCUT2D eigenvalue weighted by atomic mass is 16.5. The molecule has 1 saturated heterocycles. The number of Topliss-reactive ketones (excluding diaryl/α,β-unsaturated/α-hetero) is 2. The third-order valence-electron chi connectivity index (χ3n) is 4.88. The number of carbonyl (C=O) groups excluding carboxylic acids is 2. The maximum absolute atomic E-state index is 12.8. The summed E-state index contributed by atoms with van der Waals surface area (Å²) in [5.41, 5.74) is 1.29. The largest absolute Gasteiger partial charge is 0.374 e. The first-order chi connectivity index (χ1) is 12.0. The molecule has 0 saturated carbocycles. The van der Waals surface area contributed by atoms with Gasteiger partial charge in [0.1, 0.15) is 5.78 Å². The SMILES string of the molecule is CC1(C)CC(=O)[C@@H]([C@@H](CC(=O)c2ccccc2)c2ccccc2)CO1. The first-order valence-electron chi connectivity index (χ1n) is 8.76. The molecule has 2 atom stereocenters. The average Bonchev–Trinajstić information content (AvgIpc) is 2.61. The lowest BCUT2D eigenvalue weighted by Crippen LogP contribution is -2.42. The van der Waals surface area contributed by atoms with E-state index in [1.165, 1.54) is 0 Å². The highest BCUT2D eigenvalue weighted by molar-refractivity contribution is 5.97. The molecule has 0 radical (unpaired) electrons. The Kier molecular flexibility index (Phi) is 5.14. The molecule has 3 nitrogen and oxygen atoms in total. The lowest BCUT2D eigenvalue weighted by molar-refractivity contribution is -0.145. The number of benzene rings is 2. The second-order valence-corrected chi connectivity index (χ2v) is 7.33. The Morgan fingerprint density at radius 3 is 2.28 bits per heavy atom. The van der Waals surface area contributed by atoms with E-state index in [0.29, 0.717) is 25.0 Å². The summed E-state index contributed by atoms with van der Waals surface area (Å²) in [5, 5.41) is 0. The third kappa shape index (κ3) is 4.23. The summed E-state index contributed by atoms with van der Waals surface area (Å²) in [5.74, 6) is -0.182. The maximum Gasteiger partial charge on any atom is 0.163 e. The van der Waals surface area contributed by atoms with Gasteiger partial charge in [-0.15, -0.1) is 0 Å².